The van der Waals surface area contributed by atoms with Crippen molar-refractivity contribution in [3.8, 4) is 11.5 Å². The van der Waals surface area contributed by atoms with Gasteiger partial charge < -0.3 is 28.5 Å². The first-order chi connectivity index (χ1) is 16.2. The second kappa shape index (κ2) is 11.1. The van der Waals surface area contributed by atoms with Crippen molar-refractivity contribution in [2.24, 2.45) is 5.34 Å². The third-order valence-electron chi connectivity index (χ3n) is 4.17. The Bertz CT molecular complexity index is 977. The SMILES string of the molecule is CCc1cc(OC(F)(F)F)cc2c1OC(C(F)(F)F)C(C(=O)OCOC(=O)OC(C)CON=O)=C2. The fourth-order valence-corrected chi connectivity index (χ4v) is 2.81. The summed E-state index contributed by atoms with van der Waals surface area (Å²) in [6.45, 7) is 1.15. The Labute approximate surface area is 192 Å². The van der Waals surface area contributed by atoms with Crippen molar-refractivity contribution in [2.75, 3.05) is 13.4 Å². The maximum absolute atomic E-state index is 13.6. The van der Waals surface area contributed by atoms with Gasteiger partial charge in [0.25, 0.3) is 0 Å². The molecule has 16 heteroatoms. The zero-order valence-electron chi connectivity index (χ0n) is 17.9. The maximum Gasteiger partial charge on any atom is 0.573 e. The zero-order valence-corrected chi connectivity index (χ0v) is 17.9. The predicted molar refractivity (Wildman–Crippen MR) is 101 cm³/mol. The minimum Gasteiger partial charge on any atom is -0.475 e. The van der Waals surface area contributed by atoms with E-state index in [0.717, 1.165) is 12.1 Å². The number of hydrogen-bond acceptors (Lipinski definition) is 10. The highest BCUT2D eigenvalue weighted by Crippen LogP contribution is 2.42. The average Bonchev–Trinajstić information content (AvgIpc) is 2.74. The summed E-state index contributed by atoms with van der Waals surface area (Å²) in [5, 5.41) is 2.07. The number of esters is 1. The van der Waals surface area contributed by atoms with E-state index in [9.17, 15) is 40.8 Å². The second-order valence-corrected chi connectivity index (χ2v) is 6.78. The molecule has 0 aliphatic carbocycles. The minimum atomic E-state index is -5.11. The Hall–Kier alpha value is -3.72. The van der Waals surface area contributed by atoms with Crippen LogP contribution in [-0.2, 0) is 30.3 Å². The molecule has 1 aromatic rings. The van der Waals surface area contributed by atoms with Crippen LogP contribution in [0.3, 0.4) is 0 Å². The monoisotopic (exact) mass is 517 g/mol. The molecule has 1 aromatic carbocycles. The average molecular weight is 517 g/mol. The highest BCUT2D eigenvalue weighted by atomic mass is 19.4. The molecule has 0 amide bonds. The number of carbonyl (C=O) groups excluding carboxylic acids is 2. The number of carbonyl (C=O) groups is 2. The number of fused-ring (bicyclic) bond motifs is 1. The van der Waals surface area contributed by atoms with Gasteiger partial charge in [0.1, 0.15) is 17.6 Å². The number of rotatable bonds is 9. The normalized spacial score (nSPS) is 16.1. The Morgan fingerprint density at radius 2 is 1.83 bits per heavy atom. The molecular weight excluding hydrogens is 500 g/mol. The van der Waals surface area contributed by atoms with E-state index >= 15 is 0 Å². The van der Waals surface area contributed by atoms with Crippen molar-refractivity contribution in [1.82, 2.24) is 0 Å². The topological polar surface area (TPSA) is 119 Å². The molecular formula is C19H17F6NO9. The molecule has 35 heavy (non-hydrogen) atoms. The molecule has 0 radical (unpaired) electrons. The van der Waals surface area contributed by atoms with Gasteiger partial charge in [0.15, 0.2) is 11.9 Å². The van der Waals surface area contributed by atoms with Crippen molar-refractivity contribution < 1.29 is 64.5 Å². The first kappa shape index (κ1) is 27.5. The lowest BCUT2D eigenvalue weighted by Crippen LogP contribution is -2.41. The van der Waals surface area contributed by atoms with Crippen LogP contribution < -0.4 is 9.47 Å². The van der Waals surface area contributed by atoms with Crippen molar-refractivity contribution in [2.45, 2.75) is 45.0 Å². The summed E-state index contributed by atoms with van der Waals surface area (Å²) >= 11 is 0. The van der Waals surface area contributed by atoms with Gasteiger partial charge in [0.2, 0.25) is 12.9 Å². The lowest BCUT2D eigenvalue weighted by molar-refractivity contribution is -0.274. The van der Waals surface area contributed by atoms with E-state index in [1.165, 1.54) is 13.8 Å². The molecule has 0 saturated carbocycles. The summed E-state index contributed by atoms with van der Waals surface area (Å²) in [6.07, 6.45) is -14.8. The van der Waals surface area contributed by atoms with Crippen LogP contribution in [0.1, 0.15) is 25.0 Å². The van der Waals surface area contributed by atoms with Gasteiger partial charge in [-0.25, -0.2) is 9.59 Å². The number of hydrogen-bond donors (Lipinski definition) is 0. The Morgan fingerprint density at radius 1 is 1.14 bits per heavy atom. The van der Waals surface area contributed by atoms with Gasteiger partial charge in [-0.1, -0.05) is 6.92 Å². The Balaban J connectivity index is 2.22. The van der Waals surface area contributed by atoms with Gasteiger partial charge >= 0.3 is 24.7 Å². The first-order valence-electron chi connectivity index (χ1n) is 9.58. The molecule has 1 aliphatic rings. The highest BCUT2D eigenvalue weighted by Gasteiger charge is 2.49. The van der Waals surface area contributed by atoms with E-state index < -0.39 is 61.6 Å². The van der Waals surface area contributed by atoms with Crippen LogP contribution >= 0.6 is 0 Å². The summed E-state index contributed by atoms with van der Waals surface area (Å²) in [5.41, 5.74) is -1.45. The number of nitrogens with zero attached hydrogens (tertiary/aromatic N) is 1. The molecule has 2 atom stereocenters. The van der Waals surface area contributed by atoms with Crippen molar-refractivity contribution >= 4 is 18.2 Å². The number of aryl methyl sites for hydroxylation is 1. The van der Waals surface area contributed by atoms with E-state index in [1.54, 1.807) is 0 Å². The van der Waals surface area contributed by atoms with Gasteiger partial charge in [-0.05, 0) is 37.1 Å². The summed E-state index contributed by atoms with van der Waals surface area (Å²) in [6, 6.07) is 1.61. The van der Waals surface area contributed by atoms with Gasteiger partial charge in [0.05, 0.1) is 5.57 Å². The summed E-state index contributed by atoms with van der Waals surface area (Å²) in [4.78, 5) is 37.7. The van der Waals surface area contributed by atoms with E-state index in [2.05, 4.69) is 29.1 Å². The summed E-state index contributed by atoms with van der Waals surface area (Å²) < 4.78 is 101. The molecule has 1 aliphatic heterocycles. The van der Waals surface area contributed by atoms with Crippen LogP contribution in [0.5, 0.6) is 11.5 Å². The van der Waals surface area contributed by atoms with Crippen molar-refractivity contribution in [1.29, 1.82) is 0 Å². The van der Waals surface area contributed by atoms with E-state index in [4.69, 9.17) is 4.74 Å². The summed E-state index contributed by atoms with van der Waals surface area (Å²) in [7, 11) is 0. The molecule has 0 saturated heterocycles. The number of halogens is 6. The molecule has 0 fully saturated rings. The molecule has 194 valence electrons. The highest BCUT2D eigenvalue weighted by molar-refractivity contribution is 5.96. The Morgan fingerprint density at radius 3 is 2.40 bits per heavy atom. The molecule has 0 aromatic heterocycles. The van der Waals surface area contributed by atoms with Crippen LogP contribution in [0.4, 0.5) is 31.1 Å². The molecule has 1 heterocycles. The van der Waals surface area contributed by atoms with Crippen molar-refractivity contribution in [3.63, 3.8) is 0 Å². The predicted octanol–water partition coefficient (Wildman–Crippen LogP) is 4.59. The van der Waals surface area contributed by atoms with Gasteiger partial charge in [0, 0.05) is 5.56 Å². The van der Waals surface area contributed by atoms with Gasteiger partial charge in [-0.3, -0.25) is 0 Å². The largest absolute Gasteiger partial charge is 0.573 e. The zero-order chi connectivity index (χ0) is 26.4. The van der Waals surface area contributed by atoms with E-state index in [0.29, 0.717) is 6.08 Å². The van der Waals surface area contributed by atoms with Crippen LogP contribution in [-0.4, -0.2) is 50.3 Å². The fraction of sp³-hybridized carbons (Fsp3) is 0.474. The van der Waals surface area contributed by atoms with Gasteiger partial charge in [-0.15, -0.1) is 18.1 Å². The number of benzene rings is 1. The lowest BCUT2D eigenvalue weighted by atomic mass is 9.97. The third kappa shape index (κ3) is 7.92. The van der Waals surface area contributed by atoms with E-state index in [1.807, 2.05) is 0 Å². The molecule has 0 bridgehead atoms. The molecule has 2 unspecified atom stereocenters. The first-order valence-corrected chi connectivity index (χ1v) is 9.58. The standard InChI is InChI=1S/C19H17F6NO9/c1-3-10-4-12(35-19(23,24)25)5-11-6-13(15(18(20,21)22)34-14(10)11)16(27)30-8-31-17(28)33-9(2)7-32-26-29/h4-6,9,15H,3,7-8H2,1-2H3. The summed E-state index contributed by atoms with van der Waals surface area (Å²) in [5.74, 6) is -2.76. The third-order valence-corrected chi connectivity index (χ3v) is 4.17. The number of ether oxygens (including phenoxy) is 5. The van der Waals surface area contributed by atoms with Crippen LogP contribution in [0, 0.1) is 4.91 Å². The van der Waals surface area contributed by atoms with Crippen molar-refractivity contribution in [3.05, 3.63) is 33.7 Å². The minimum absolute atomic E-state index is 0.0160. The number of alkyl halides is 6. The molecule has 0 spiro atoms. The van der Waals surface area contributed by atoms with Crippen LogP contribution in [0.25, 0.3) is 6.08 Å². The van der Waals surface area contributed by atoms with Crippen LogP contribution in [0.2, 0.25) is 0 Å². The quantitative estimate of drug-likeness (QED) is 0.152. The van der Waals surface area contributed by atoms with Gasteiger partial charge in [-0.2, -0.15) is 13.2 Å². The molecule has 2 rings (SSSR count). The molecule has 10 nitrogen and oxygen atoms in total. The Kier molecular flexibility index (Phi) is 8.76. The fourth-order valence-electron chi connectivity index (χ4n) is 2.81. The molecule has 0 N–H and O–H groups in total. The maximum atomic E-state index is 13.6. The lowest BCUT2D eigenvalue weighted by Gasteiger charge is -2.29. The smallest absolute Gasteiger partial charge is 0.475 e. The van der Waals surface area contributed by atoms with Crippen LogP contribution in [0.15, 0.2) is 23.0 Å². The van der Waals surface area contributed by atoms with E-state index in [-0.39, 0.29) is 23.3 Å². The second-order valence-electron chi connectivity index (χ2n) is 6.78.